The summed E-state index contributed by atoms with van der Waals surface area (Å²) < 4.78 is 10.8. The van der Waals surface area contributed by atoms with Crippen LogP contribution in [-0.2, 0) is 9.47 Å². The lowest BCUT2D eigenvalue weighted by atomic mass is 10.1. The normalized spacial score (nSPS) is 32.5. The highest BCUT2D eigenvalue weighted by molar-refractivity contribution is 4.86. The molecule has 66 valence electrons. The van der Waals surface area contributed by atoms with Crippen LogP contribution in [0.25, 0.3) is 0 Å². The molecule has 0 N–H and O–H groups in total. The molecule has 0 radical (unpaired) electrons. The van der Waals surface area contributed by atoms with Gasteiger partial charge in [-0.25, -0.2) is 0 Å². The van der Waals surface area contributed by atoms with Crippen molar-refractivity contribution < 1.29 is 9.47 Å². The molecular weight excluding hydrogens is 140 g/mol. The van der Waals surface area contributed by atoms with E-state index in [0.717, 1.165) is 13.2 Å². The zero-order chi connectivity index (χ0) is 8.48. The van der Waals surface area contributed by atoms with Crippen molar-refractivity contribution in [3.63, 3.8) is 0 Å². The molecule has 0 aliphatic carbocycles. The van der Waals surface area contributed by atoms with Gasteiger partial charge in [0.05, 0.1) is 19.3 Å². The Bertz CT molecular complexity index is 128. The third kappa shape index (κ3) is 2.80. The van der Waals surface area contributed by atoms with Crippen molar-refractivity contribution in [2.45, 2.75) is 39.4 Å². The molecule has 1 aliphatic rings. The Kier molecular flexibility index (Phi) is 2.55. The summed E-state index contributed by atoms with van der Waals surface area (Å²) in [5, 5.41) is 0. The molecule has 0 bridgehead atoms. The van der Waals surface area contributed by atoms with Gasteiger partial charge in [0.2, 0.25) is 0 Å². The van der Waals surface area contributed by atoms with Crippen molar-refractivity contribution in [3.05, 3.63) is 0 Å². The molecule has 1 fully saturated rings. The standard InChI is InChI=1S/C9H18O2/c1-7(2)8(3)10-5-9(4)6-11-9/h7-8H,5-6H2,1-4H3. The van der Waals surface area contributed by atoms with Gasteiger partial charge in [-0.05, 0) is 19.8 Å². The Morgan fingerprint density at radius 1 is 1.45 bits per heavy atom. The van der Waals surface area contributed by atoms with Crippen LogP contribution in [0.15, 0.2) is 0 Å². The molecule has 0 aromatic heterocycles. The summed E-state index contributed by atoms with van der Waals surface area (Å²) in [5.74, 6) is 0.595. The van der Waals surface area contributed by atoms with Crippen LogP contribution >= 0.6 is 0 Å². The van der Waals surface area contributed by atoms with Crippen LogP contribution in [0.1, 0.15) is 27.7 Å². The van der Waals surface area contributed by atoms with Gasteiger partial charge in [-0.3, -0.25) is 0 Å². The first-order chi connectivity index (χ1) is 5.03. The first kappa shape index (κ1) is 9.01. The molecule has 1 heterocycles. The smallest absolute Gasteiger partial charge is 0.112 e. The van der Waals surface area contributed by atoms with Gasteiger partial charge >= 0.3 is 0 Å². The van der Waals surface area contributed by atoms with Gasteiger partial charge in [0, 0.05) is 0 Å². The molecule has 1 aliphatic heterocycles. The molecule has 2 unspecified atom stereocenters. The molecule has 2 heteroatoms. The predicted molar refractivity (Wildman–Crippen MR) is 44.6 cm³/mol. The minimum absolute atomic E-state index is 0.0448. The van der Waals surface area contributed by atoms with Crippen molar-refractivity contribution in [3.8, 4) is 0 Å². The fourth-order valence-corrected chi connectivity index (χ4v) is 0.707. The van der Waals surface area contributed by atoms with Gasteiger partial charge in [0.15, 0.2) is 0 Å². The van der Waals surface area contributed by atoms with Crippen LogP contribution in [0, 0.1) is 5.92 Å². The van der Waals surface area contributed by atoms with Crippen molar-refractivity contribution in [2.75, 3.05) is 13.2 Å². The monoisotopic (exact) mass is 158 g/mol. The fraction of sp³-hybridized carbons (Fsp3) is 1.00. The Balaban J connectivity index is 2.11. The molecule has 0 spiro atoms. The molecule has 11 heavy (non-hydrogen) atoms. The second-order valence-electron chi connectivity index (χ2n) is 4.00. The fourth-order valence-electron chi connectivity index (χ4n) is 0.707. The van der Waals surface area contributed by atoms with Crippen molar-refractivity contribution in [1.29, 1.82) is 0 Å². The van der Waals surface area contributed by atoms with E-state index in [1.54, 1.807) is 0 Å². The van der Waals surface area contributed by atoms with Gasteiger partial charge in [-0.15, -0.1) is 0 Å². The average molecular weight is 158 g/mol. The second kappa shape index (κ2) is 3.11. The lowest BCUT2D eigenvalue weighted by Gasteiger charge is -2.17. The minimum atomic E-state index is 0.0448. The van der Waals surface area contributed by atoms with Crippen molar-refractivity contribution >= 4 is 0 Å². The van der Waals surface area contributed by atoms with Gasteiger partial charge in [-0.2, -0.15) is 0 Å². The number of ether oxygens (including phenoxy) is 2. The molecule has 1 rings (SSSR count). The molecule has 2 atom stereocenters. The first-order valence-corrected chi connectivity index (χ1v) is 4.29. The predicted octanol–water partition coefficient (Wildman–Crippen LogP) is 1.84. The Morgan fingerprint density at radius 2 is 2.00 bits per heavy atom. The summed E-state index contributed by atoms with van der Waals surface area (Å²) in [7, 11) is 0. The second-order valence-corrected chi connectivity index (χ2v) is 4.00. The van der Waals surface area contributed by atoms with Gasteiger partial charge in [-0.1, -0.05) is 13.8 Å². The van der Waals surface area contributed by atoms with Crippen LogP contribution in [0.3, 0.4) is 0 Å². The molecule has 0 aromatic carbocycles. The summed E-state index contributed by atoms with van der Waals surface area (Å²) in [4.78, 5) is 0. The maximum atomic E-state index is 5.61. The topological polar surface area (TPSA) is 21.8 Å². The lowest BCUT2D eigenvalue weighted by Crippen LogP contribution is -2.23. The quantitative estimate of drug-likeness (QED) is 0.582. The summed E-state index contributed by atoms with van der Waals surface area (Å²) in [6.45, 7) is 10.1. The maximum absolute atomic E-state index is 5.61. The van der Waals surface area contributed by atoms with E-state index in [4.69, 9.17) is 9.47 Å². The van der Waals surface area contributed by atoms with E-state index in [0.29, 0.717) is 12.0 Å². The highest BCUT2D eigenvalue weighted by atomic mass is 16.6. The lowest BCUT2D eigenvalue weighted by molar-refractivity contribution is 0.00752. The highest BCUT2D eigenvalue weighted by Crippen LogP contribution is 2.26. The first-order valence-electron chi connectivity index (χ1n) is 4.29. The van der Waals surface area contributed by atoms with E-state index < -0.39 is 0 Å². The molecular formula is C9H18O2. The number of epoxide rings is 1. The molecule has 0 aromatic rings. The van der Waals surface area contributed by atoms with Gasteiger partial charge < -0.3 is 9.47 Å². The molecule has 0 amide bonds. The molecule has 2 nitrogen and oxygen atoms in total. The SMILES string of the molecule is CC(C)C(C)OCC1(C)CO1. The van der Waals surface area contributed by atoms with E-state index in [-0.39, 0.29) is 5.60 Å². The van der Waals surface area contributed by atoms with Crippen molar-refractivity contribution in [2.24, 2.45) is 5.92 Å². The van der Waals surface area contributed by atoms with E-state index in [1.807, 2.05) is 0 Å². The van der Waals surface area contributed by atoms with E-state index >= 15 is 0 Å². The molecule has 1 saturated heterocycles. The van der Waals surface area contributed by atoms with E-state index in [1.165, 1.54) is 0 Å². The van der Waals surface area contributed by atoms with E-state index in [9.17, 15) is 0 Å². The van der Waals surface area contributed by atoms with Crippen LogP contribution in [0.5, 0.6) is 0 Å². The van der Waals surface area contributed by atoms with Crippen molar-refractivity contribution in [1.82, 2.24) is 0 Å². The zero-order valence-corrected chi connectivity index (χ0v) is 7.89. The Morgan fingerprint density at radius 3 is 2.36 bits per heavy atom. The Hall–Kier alpha value is -0.0800. The summed E-state index contributed by atoms with van der Waals surface area (Å²) in [6.07, 6.45) is 0.344. The summed E-state index contributed by atoms with van der Waals surface area (Å²) in [6, 6.07) is 0. The van der Waals surface area contributed by atoms with Crippen LogP contribution in [-0.4, -0.2) is 24.9 Å². The Labute approximate surface area is 68.9 Å². The third-order valence-corrected chi connectivity index (χ3v) is 2.23. The number of rotatable bonds is 4. The largest absolute Gasteiger partial charge is 0.375 e. The summed E-state index contributed by atoms with van der Waals surface area (Å²) >= 11 is 0. The van der Waals surface area contributed by atoms with E-state index in [2.05, 4.69) is 27.7 Å². The third-order valence-electron chi connectivity index (χ3n) is 2.23. The average Bonchev–Trinajstić information content (AvgIpc) is 2.64. The minimum Gasteiger partial charge on any atom is -0.375 e. The maximum Gasteiger partial charge on any atom is 0.112 e. The number of hydrogen-bond acceptors (Lipinski definition) is 2. The molecule has 0 saturated carbocycles. The van der Waals surface area contributed by atoms with Crippen LogP contribution < -0.4 is 0 Å². The number of hydrogen-bond donors (Lipinski definition) is 0. The van der Waals surface area contributed by atoms with Crippen LogP contribution in [0.2, 0.25) is 0 Å². The zero-order valence-electron chi connectivity index (χ0n) is 7.89. The highest BCUT2D eigenvalue weighted by Gasteiger charge is 2.39. The van der Waals surface area contributed by atoms with Gasteiger partial charge in [0.25, 0.3) is 0 Å². The van der Waals surface area contributed by atoms with Crippen LogP contribution in [0.4, 0.5) is 0 Å². The summed E-state index contributed by atoms with van der Waals surface area (Å²) in [5.41, 5.74) is 0.0448. The van der Waals surface area contributed by atoms with Gasteiger partial charge in [0.1, 0.15) is 5.60 Å².